The molecule has 2 heteroatoms. The molecule has 1 rings (SSSR count). The normalized spacial score (nSPS) is 10.3. The molecular formula is C5H6PZr. The van der Waals surface area contributed by atoms with Crippen LogP contribution in [0.5, 0.6) is 0 Å². The van der Waals surface area contributed by atoms with Crippen LogP contribution in [-0.2, 0) is 24.7 Å². The molecule has 0 aromatic carbocycles. The molecule has 1 aromatic rings. The van der Waals surface area contributed by atoms with Crippen LogP contribution >= 0.6 is 8.19 Å². The van der Waals surface area contributed by atoms with Gasteiger partial charge in [-0.25, -0.2) is 0 Å². The van der Waals surface area contributed by atoms with Gasteiger partial charge >= 0.3 is 60.3 Å². The van der Waals surface area contributed by atoms with Gasteiger partial charge in [0.2, 0.25) is 0 Å². The summed E-state index contributed by atoms with van der Waals surface area (Å²) in [7, 11) is 0.984. The summed E-state index contributed by atoms with van der Waals surface area (Å²) in [6.45, 7) is 2.21. The van der Waals surface area contributed by atoms with Crippen LogP contribution in [-0.4, -0.2) is 0 Å². The van der Waals surface area contributed by atoms with E-state index in [1.807, 2.05) is 0 Å². The third kappa shape index (κ3) is 1.27. The van der Waals surface area contributed by atoms with E-state index >= 15 is 0 Å². The van der Waals surface area contributed by atoms with Crippen LogP contribution in [0.3, 0.4) is 0 Å². The third-order valence-corrected chi connectivity index (χ3v) is 3.94. The van der Waals surface area contributed by atoms with Crippen LogP contribution in [0.1, 0.15) is 5.30 Å². The molecule has 0 nitrogen and oxygen atoms in total. The molecule has 0 spiro atoms. The number of aryl methyl sites for hydroxylation is 1. The number of hydrogen-bond donors (Lipinski definition) is 0. The molecule has 0 aliphatic rings. The molecule has 0 fully saturated rings. The summed E-state index contributed by atoms with van der Waals surface area (Å²) < 4.78 is 1.55. The van der Waals surface area contributed by atoms with E-state index in [4.69, 9.17) is 0 Å². The Hall–Kier alpha value is 0.663. The van der Waals surface area contributed by atoms with Gasteiger partial charge in [-0.1, -0.05) is 0 Å². The molecule has 0 N–H and O–H groups in total. The van der Waals surface area contributed by atoms with Crippen LogP contribution in [0.15, 0.2) is 11.9 Å². The first-order valence-electron chi connectivity index (χ1n) is 2.16. The van der Waals surface area contributed by atoms with E-state index in [2.05, 4.69) is 18.8 Å². The Balaban J connectivity index is 3.12. The van der Waals surface area contributed by atoms with Crippen LogP contribution in [0, 0.1) is 6.92 Å². The SMILES string of the molecule is Cc1[pH]cc[c]1[Zr]. The molecule has 1 unspecified atom stereocenters. The summed E-state index contributed by atoms with van der Waals surface area (Å²) >= 11 is 1.56. The van der Waals surface area contributed by atoms with Crippen molar-refractivity contribution in [3.05, 3.63) is 17.2 Å². The van der Waals surface area contributed by atoms with Gasteiger partial charge in [0.15, 0.2) is 0 Å². The molecular weight excluding hydrogens is 182 g/mol. The van der Waals surface area contributed by atoms with Crippen LogP contribution < -0.4 is 3.27 Å². The predicted octanol–water partition coefficient (Wildman–Crippen LogP) is 1.20. The quantitative estimate of drug-likeness (QED) is 0.574. The molecule has 0 aliphatic heterocycles. The summed E-state index contributed by atoms with van der Waals surface area (Å²) in [4.78, 5) is 0. The molecule has 1 aromatic heterocycles. The summed E-state index contributed by atoms with van der Waals surface area (Å²) in [5, 5.41) is 1.58. The van der Waals surface area contributed by atoms with Crippen molar-refractivity contribution < 1.29 is 24.7 Å². The average Bonchev–Trinajstić information content (AvgIpc) is 1.91. The van der Waals surface area contributed by atoms with Gasteiger partial charge < -0.3 is 0 Å². The second kappa shape index (κ2) is 2.29. The Morgan fingerprint density at radius 3 is 2.57 bits per heavy atom. The van der Waals surface area contributed by atoms with Crippen molar-refractivity contribution in [1.82, 2.24) is 0 Å². The molecule has 1 heterocycles. The van der Waals surface area contributed by atoms with Crippen molar-refractivity contribution in [2.24, 2.45) is 0 Å². The van der Waals surface area contributed by atoms with E-state index in [-0.39, 0.29) is 0 Å². The van der Waals surface area contributed by atoms with Gasteiger partial charge in [-0.15, -0.1) is 0 Å². The second-order valence-corrected chi connectivity index (χ2v) is 4.21. The van der Waals surface area contributed by atoms with E-state index in [1.165, 1.54) is 0 Å². The third-order valence-electron chi connectivity index (χ3n) is 0.954. The molecule has 0 saturated carbocycles. The first-order valence-corrected chi connectivity index (χ1v) is 4.47. The van der Waals surface area contributed by atoms with Crippen LogP contribution in [0.2, 0.25) is 0 Å². The second-order valence-electron chi connectivity index (χ2n) is 1.52. The molecule has 0 aliphatic carbocycles. The summed E-state index contributed by atoms with van der Waals surface area (Å²) in [6, 6.07) is 2.23. The van der Waals surface area contributed by atoms with E-state index in [9.17, 15) is 0 Å². The van der Waals surface area contributed by atoms with Crippen molar-refractivity contribution >= 4 is 11.5 Å². The van der Waals surface area contributed by atoms with Gasteiger partial charge in [-0.05, 0) is 0 Å². The van der Waals surface area contributed by atoms with Crippen molar-refractivity contribution in [3.63, 3.8) is 0 Å². The van der Waals surface area contributed by atoms with Crippen molar-refractivity contribution in [3.8, 4) is 0 Å². The van der Waals surface area contributed by atoms with Gasteiger partial charge in [0.05, 0.1) is 0 Å². The topological polar surface area (TPSA) is 0 Å². The van der Waals surface area contributed by atoms with Crippen LogP contribution in [0.4, 0.5) is 0 Å². The van der Waals surface area contributed by atoms with Gasteiger partial charge in [-0.2, -0.15) is 0 Å². The monoisotopic (exact) mass is 187 g/mol. The maximum absolute atomic E-state index is 2.25. The molecule has 1 atom stereocenters. The summed E-state index contributed by atoms with van der Waals surface area (Å²) in [6.07, 6.45) is 0. The Bertz CT molecular complexity index is 140. The van der Waals surface area contributed by atoms with Crippen molar-refractivity contribution in [1.29, 1.82) is 0 Å². The van der Waals surface area contributed by atoms with E-state index < -0.39 is 0 Å². The Kier molecular flexibility index (Phi) is 1.89. The predicted molar refractivity (Wildman–Crippen MR) is 30.3 cm³/mol. The number of hydrogen-bond acceptors (Lipinski definition) is 0. The molecule has 0 radical (unpaired) electrons. The molecule has 7 heavy (non-hydrogen) atoms. The minimum absolute atomic E-state index is 0.984. The van der Waals surface area contributed by atoms with Crippen molar-refractivity contribution in [2.45, 2.75) is 6.92 Å². The molecule has 0 bridgehead atoms. The summed E-state index contributed by atoms with van der Waals surface area (Å²) in [5.74, 6) is 2.25. The minimum atomic E-state index is 0.984. The fourth-order valence-electron chi connectivity index (χ4n) is 0.453. The van der Waals surface area contributed by atoms with Gasteiger partial charge in [0.1, 0.15) is 0 Å². The molecule has 0 saturated heterocycles. The molecule has 0 amide bonds. The zero-order valence-corrected chi connectivity index (χ0v) is 7.61. The van der Waals surface area contributed by atoms with Crippen LogP contribution in [0.25, 0.3) is 0 Å². The van der Waals surface area contributed by atoms with Gasteiger partial charge in [0.25, 0.3) is 0 Å². The summed E-state index contributed by atoms with van der Waals surface area (Å²) in [5.41, 5.74) is 0. The first kappa shape index (κ1) is 5.79. The Labute approximate surface area is 60.3 Å². The molecule has 35 valence electrons. The zero-order valence-electron chi connectivity index (χ0n) is 4.15. The fourth-order valence-corrected chi connectivity index (χ4v) is 2.34. The van der Waals surface area contributed by atoms with E-state index in [1.54, 1.807) is 33.3 Å². The Morgan fingerprint density at radius 1 is 1.71 bits per heavy atom. The van der Waals surface area contributed by atoms with E-state index in [0.717, 1.165) is 8.19 Å². The number of rotatable bonds is 0. The fraction of sp³-hybridized carbons (Fsp3) is 0.200. The standard InChI is InChI=1S/C5H6P.Zr/c1-5-3-2-4-6-5;/h2,4,6H,1H3;. The maximum atomic E-state index is 2.25. The van der Waals surface area contributed by atoms with Gasteiger partial charge in [0, 0.05) is 0 Å². The van der Waals surface area contributed by atoms with Gasteiger partial charge in [-0.3, -0.25) is 0 Å². The van der Waals surface area contributed by atoms with Crippen molar-refractivity contribution in [2.75, 3.05) is 0 Å². The van der Waals surface area contributed by atoms with E-state index in [0.29, 0.717) is 0 Å². The Morgan fingerprint density at radius 2 is 2.43 bits per heavy atom. The first-order chi connectivity index (χ1) is 3.30. The zero-order chi connectivity index (χ0) is 5.28. The average molecular weight is 188 g/mol.